The normalized spacial score (nSPS) is 14.5. The van der Waals surface area contributed by atoms with Crippen LogP contribution in [0.4, 0.5) is 13.2 Å². The number of alkyl halides is 3. The fourth-order valence-corrected chi connectivity index (χ4v) is 3.62. The number of nitrogens with one attached hydrogen (secondary N) is 1. The predicted octanol–water partition coefficient (Wildman–Crippen LogP) is 5.42. The van der Waals surface area contributed by atoms with Crippen molar-refractivity contribution in [3.63, 3.8) is 0 Å². The Balaban J connectivity index is 2.16. The van der Waals surface area contributed by atoms with Crippen molar-refractivity contribution in [2.75, 3.05) is 19.8 Å². The number of H-pyrrole nitrogens is 1. The molecular formula is C18H14Cl2F3N3O2S. The van der Waals surface area contributed by atoms with Gasteiger partial charge in [0, 0.05) is 24.6 Å². The van der Waals surface area contributed by atoms with E-state index in [2.05, 4.69) is 9.97 Å². The molecule has 11 heteroatoms. The van der Waals surface area contributed by atoms with E-state index in [1.165, 1.54) is 30.0 Å². The number of aromatic amines is 1. The van der Waals surface area contributed by atoms with E-state index in [4.69, 9.17) is 27.9 Å². The second-order valence-electron chi connectivity index (χ2n) is 5.97. The van der Waals surface area contributed by atoms with Crippen molar-refractivity contribution in [2.24, 2.45) is 0 Å². The summed E-state index contributed by atoms with van der Waals surface area (Å²) < 4.78 is 46.3. The molecule has 0 bridgehead atoms. The molecule has 2 heterocycles. The summed E-state index contributed by atoms with van der Waals surface area (Å²) in [5.41, 5.74) is -2.11. The highest BCUT2D eigenvalue weighted by Crippen LogP contribution is 2.37. The molecule has 3 rings (SSSR count). The maximum absolute atomic E-state index is 13.7. The van der Waals surface area contributed by atoms with E-state index in [9.17, 15) is 18.0 Å². The molecule has 0 unspecified atom stereocenters. The maximum Gasteiger partial charge on any atom is 0.437 e. The smallest absolute Gasteiger partial charge is 0.437 e. The zero-order valence-corrected chi connectivity index (χ0v) is 17.4. The molecule has 0 radical (unpaired) electrons. The number of benzene rings is 1. The second-order valence-corrected chi connectivity index (χ2v) is 7.63. The molecule has 0 saturated carbocycles. The van der Waals surface area contributed by atoms with Gasteiger partial charge in [0.1, 0.15) is 5.75 Å². The van der Waals surface area contributed by atoms with Crippen LogP contribution < -0.4 is 10.3 Å². The average Bonchev–Trinajstić information content (AvgIpc) is 2.65. The number of hydrogen-bond acceptors (Lipinski definition) is 5. The van der Waals surface area contributed by atoms with E-state index in [0.29, 0.717) is 17.1 Å². The molecule has 0 atom stereocenters. The molecule has 1 aliphatic rings. The third-order valence-corrected chi connectivity index (χ3v) is 5.47. The van der Waals surface area contributed by atoms with Gasteiger partial charge >= 0.3 is 6.18 Å². The van der Waals surface area contributed by atoms with Gasteiger partial charge in [0.25, 0.3) is 5.56 Å². The van der Waals surface area contributed by atoms with Gasteiger partial charge in [-0.15, -0.1) is 11.8 Å². The van der Waals surface area contributed by atoms with Crippen molar-refractivity contribution in [2.45, 2.75) is 6.18 Å². The minimum Gasteiger partial charge on any atom is -0.449 e. The number of hydrogen-bond donors (Lipinski definition) is 1. The van der Waals surface area contributed by atoms with Gasteiger partial charge in [0.15, 0.2) is 11.5 Å². The number of nitrogens with zero attached hydrogens (tertiary/aromatic N) is 2. The van der Waals surface area contributed by atoms with Crippen LogP contribution in [0.5, 0.6) is 11.5 Å². The molecule has 0 aliphatic carbocycles. The first kappa shape index (κ1) is 21.6. The zero-order valence-electron chi connectivity index (χ0n) is 15.1. The lowest BCUT2D eigenvalue weighted by molar-refractivity contribution is -0.142. The van der Waals surface area contributed by atoms with E-state index in [-0.39, 0.29) is 21.6 Å². The fourth-order valence-electron chi connectivity index (χ4n) is 2.66. The molecule has 154 valence electrons. The number of halogens is 5. The van der Waals surface area contributed by atoms with Crippen LogP contribution in [-0.4, -0.2) is 34.7 Å². The van der Waals surface area contributed by atoms with Gasteiger partial charge < -0.3 is 14.6 Å². The van der Waals surface area contributed by atoms with Crippen LogP contribution in [0.2, 0.25) is 10.0 Å². The Kier molecular flexibility index (Phi) is 6.21. The molecule has 2 aromatic rings. The number of aromatic nitrogens is 2. The van der Waals surface area contributed by atoms with Gasteiger partial charge in [0.05, 0.1) is 15.7 Å². The Morgan fingerprint density at radius 3 is 2.62 bits per heavy atom. The van der Waals surface area contributed by atoms with Gasteiger partial charge in [-0.05, 0) is 24.5 Å². The quantitative estimate of drug-likeness (QED) is 0.655. The van der Waals surface area contributed by atoms with Crippen LogP contribution in [0.15, 0.2) is 40.1 Å². The Bertz CT molecular complexity index is 1070. The standard InChI is InChI=1S/C18H14Cl2F3N3O2S/c1-26-7-3-4-12(29-2)13(26)16-24-15(18(21,22)23)14(17(27)25-16)28-9-5-6-10(19)11(20)8-9/h3-6,8H,7H2,1-2H3,(H,24,25,27). The van der Waals surface area contributed by atoms with Gasteiger partial charge in [-0.1, -0.05) is 29.3 Å². The third kappa shape index (κ3) is 4.57. The number of allylic oxidation sites excluding steroid dienone is 1. The van der Waals surface area contributed by atoms with E-state index in [1.54, 1.807) is 24.3 Å². The fraction of sp³-hybridized carbons (Fsp3) is 0.222. The Morgan fingerprint density at radius 2 is 2.00 bits per heavy atom. The Hall–Kier alpha value is -2.10. The highest BCUT2D eigenvalue weighted by Gasteiger charge is 2.39. The molecule has 0 amide bonds. The van der Waals surface area contributed by atoms with E-state index >= 15 is 0 Å². The molecule has 1 N–H and O–H groups in total. The molecular weight excluding hydrogens is 450 g/mol. The number of rotatable bonds is 4. The van der Waals surface area contributed by atoms with Crippen LogP contribution in [0, 0.1) is 0 Å². The van der Waals surface area contributed by atoms with Crippen molar-refractivity contribution in [1.82, 2.24) is 14.9 Å². The van der Waals surface area contributed by atoms with Gasteiger partial charge in [-0.3, -0.25) is 4.79 Å². The Labute approximate surface area is 178 Å². The molecule has 0 fully saturated rings. The number of ether oxygens (including phenoxy) is 1. The molecule has 5 nitrogen and oxygen atoms in total. The van der Waals surface area contributed by atoms with E-state index in [0.717, 1.165) is 0 Å². The van der Waals surface area contributed by atoms with Crippen LogP contribution in [-0.2, 0) is 6.18 Å². The second kappa shape index (κ2) is 8.33. The number of thioether (sulfide) groups is 1. The molecule has 29 heavy (non-hydrogen) atoms. The zero-order chi connectivity index (χ0) is 21.3. The lowest BCUT2D eigenvalue weighted by Gasteiger charge is -2.26. The van der Waals surface area contributed by atoms with Crippen molar-refractivity contribution in [3.8, 4) is 11.5 Å². The summed E-state index contributed by atoms with van der Waals surface area (Å²) in [4.78, 5) is 21.0. The summed E-state index contributed by atoms with van der Waals surface area (Å²) >= 11 is 13.0. The average molecular weight is 464 g/mol. The Morgan fingerprint density at radius 1 is 1.28 bits per heavy atom. The maximum atomic E-state index is 13.7. The summed E-state index contributed by atoms with van der Waals surface area (Å²) in [5.74, 6) is -1.24. The SMILES string of the molecule is CSC1=C(c2nc(C(F)(F)F)c(Oc3ccc(Cl)c(Cl)c3)c(=O)[nH]2)N(C)CC=C1. The van der Waals surface area contributed by atoms with Crippen molar-refractivity contribution in [3.05, 3.63) is 67.2 Å². The molecule has 1 aromatic carbocycles. The van der Waals surface area contributed by atoms with Crippen molar-refractivity contribution in [1.29, 1.82) is 0 Å². The lowest BCUT2D eigenvalue weighted by atomic mass is 10.2. The van der Waals surface area contributed by atoms with Crippen LogP contribution >= 0.6 is 35.0 Å². The largest absolute Gasteiger partial charge is 0.449 e. The molecule has 0 saturated heterocycles. The van der Waals surface area contributed by atoms with Crippen LogP contribution in [0.3, 0.4) is 0 Å². The van der Waals surface area contributed by atoms with E-state index < -0.39 is 23.2 Å². The van der Waals surface area contributed by atoms with Crippen LogP contribution in [0.1, 0.15) is 11.5 Å². The minimum absolute atomic E-state index is 0.0733. The molecule has 1 aromatic heterocycles. The third-order valence-electron chi connectivity index (χ3n) is 3.96. The summed E-state index contributed by atoms with van der Waals surface area (Å²) in [6.07, 6.45) is 0.494. The minimum atomic E-state index is -4.92. The molecule has 1 aliphatic heterocycles. The first-order valence-electron chi connectivity index (χ1n) is 8.12. The van der Waals surface area contributed by atoms with E-state index in [1.807, 2.05) is 6.08 Å². The summed E-state index contributed by atoms with van der Waals surface area (Å²) in [6.45, 7) is 0.464. The topological polar surface area (TPSA) is 58.2 Å². The lowest BCUT2D eigenvalue weighted by Crippen LogP contribution is -2.27. The number of likely N-dealkylation sites (N-methyl/N-ethyl adjacent to an activating group) is 1. The first-order valence-corrected chi connectivity index (χ1v) is 10.1. The van der Waals surface area contributed by atoms with Gasteiger partial charge in [-0.2, -0.15) is 13.2 Å². The highest BCUT2D eigenvalue weighted by atomic mass is 35.5. The highest BCUT2D eigenvalue weighted by molar-refractivity contribution is 8.02. The monoisotopic (exact) mass is 463 g/mol. The first-order chi connectivity index (χ1) is 13.6. The van der Waals surface area contributed by atoms with Crippen molar-refractivity contribution >= 4 is 40.7 Å². The summed E-state index contributed by atoms with van der Waals surface area (Å²) in [7, 11) is 1.70. The van der Waals surface area contributed by atoms with Crippen LogP contribution in [0.25, 0.3) is 5.70 Å². The summed E-state index contributed by atoms with van der Waals surface area (Å²) in [6, 6.07) is 3.86. The van der Waals surface area contributed by atoms with Gasteiger partial charge in [0.2, 0.25) is 5.75 Å². The van der Waals surface area contributed by atoms with Gasteiger partial charge in [-0.25, -0.2) is 4.98 Å². The molecule has 0 spiro atoms. The predicted molar refractivity (Wildman–Crippen MR) is 109 cm³/mol. The summed E-state index contributed by atoms with van der Waals surface area (Å²) in [5, 5.41) is 0.270. The van der Waals surface area contributed by atoms with Crippen molar-refractivity contribution < 1.29 is 17.9 Å².